The van der Waals surface area contributed by atoms with Crippen LogP contribution in [-0.4, -0.2) is 14.8 Å². The summed E-state index contributed by atoms with van der Waals surface area (Å²) in [5.74, 6) is 0. The number of hydrogen-bond donors (Lipinski definition) is 0. The zero-order valence-electron chi connectivity index (χ0n) is 4.90. The molecule has 3 nitrogen and oxygen atoms in total. The van der Waals surface area contributed by atoms with E-state index in [4.69, 9.17) is 0 Å². The van der Waals surface area contributed by atoms with Gasteiger partial charge in [-0.3, -0.25) is 0 Å². The highest BCUT2D eigenvalue weighted by Gasteiger charge is 1.98. The average Bonchev–Trinajstić information content (AvgIpc) is 2.35. The van der Waals surface area contributed by atoms with Gasteiger partial charge in [0.1, 0.15) is 0 Å². The van der Waals surface area contributed by atoms with Gasteiger partial charge in [-0.05, 0) is 0 Å². The summed E-state index contributed by atoms with van der Waals surface area (Å²) in [5, 5.41) is 4.02. The SMILES string of the molecule is Cn1ncc2scnc21. The van der Waals surface area contributed by atoms with Crippen LogP contribution in [0.5, 0.6) is 0 Å². The minimum atomic E-state index is 0.972. The minimum absolute atomic E-state index is 0.972. The predicted octanol–water partition coefficient (Wildman–Crippen LogP) is 1.03. The largest absolute Gasteiger partial charge is 0.250 e. The van der Waals surface area contributed by atoms with Crippen LogP contribution in [0.4, 0.5) is 0 Å². The van der Waals surface area contributed by atoms with Crippen molar-refractivity contribution in [2.24, 2.45) is 7.05 Å². The van der Waals surface area contributed by atoms with Crippen molar-refractivity contribution in [2.45, 2.75) is 0 Å². The van der Waals surface area contributed by atoms with Gasteiger partial charge in [-0.25, -0.2) is 9.67 Å². The summed E-state index contributed by atoms with van der Waals surface area (Å²) in [7, 11) is 1.89. The highest BCUT2D eigenvalue weighted by molar-refractivity contribution is 7.16. The third kappa shape index (κ3) is 0.564. The molecule has 0 aliphatic heterocycles. The van der Waals surface area contributed by atoms with Gasteiger partial charge < -0.3 is 0 Å². The fraction of sp³-hybridized carbons (Fsp3) is 0.200. The van der Waals surface area contributed by atoms with E-state index in [2.05, 4.69) is 10.1 Å². The van der Waals surface area contributed by atoms with Crippen molar-refractivity contribution in [3.63, 3.8) is 0 Å². The van der Waals surface area contributed by atoms with Crippen molar-refractivity contribution < 1.29 is 0 Å². The van der Waals surface area contributed by atoms with Crippen LogP contribution in [0.25, 0.3) is 10.3 Å². The van der Waals surface area contributed by atoms with E-state index in [1.807, 2.05) is 18.8 Å². The van der Waals surface area contributed by atoms with E-state index in [1.54, 1.807) is 16.0 Å². The molecule has 2 aromatic rings. The lowest BCUT2D eigenvalue weighted by Crippen LogP contribution is -1.88. The molecule has 0 unspecified atom stereocenters. The third-order valence-corrected chi connectivity index (χ3v) is 1.98. The molecule has 0 N–H and O–H groups in total. The summed E-state index contributed by atoms with van der Waals surface area (Å²) in [6.45, 7) is 0. The van der Waals surface area contributed by atoms with Gasteiger partial charge in [0.25, 0.3) is 0 Å². The average molecular weight is 139 g/mol. The first-order chi connectivity index (χ1) is 4.38. The second-order valence-corrected chi connectivity index (χ2v) is 2.69. The van der Waals surface area contributed by atoms with E-state index in [9.17, 15) is 0 Å². The van der Waals surface area contributed by atoms with Gasteiger partial charge in [0.15, 0.2) is 5.65 Å². The van der Waals surface area contributed by atoms with Gasteiger partial charge in [0.05, 0.1) is 16.4 Å². The Bertz CT molecular complexity index is 321. The topological polar surface area (TPSA) is 30.7 Å². The highest BCUT2D eigenvalue weighted by atomic mass is 32.1. The quantitative estimate of drug-likeness (QED) is 0.545. The molecule has 0 aromatic carbocycles. The molecule has 0 fully saturated rings. The van der Waals surface area contributed by atoms with E-state index in [-0.39, 0.29) is 0 Å². The number of rotatable bonds is 0. The minimum Gasteiger partial charge on any atom is -0.250 e. The fourth-order valence-corrected chi connectivity index (χ4v) is 1.44. The Hall–Kier alpha value is -0.900. The molecule has 0 aliphatic carbocycles. The summed E-state index contributed by atoms with van der Waals surface area (Å²) in [5.41, 5.74) is 2.80. The lowest BCUT2D eigenvalue weighted by atomic mass is 10.7. The second kappa shape index (κ2) is 1.54. The van der Waals surface area contributed by atoms with E-state index in [0.717, 1.165) is 10.3 Å². The van der Waals surface area contributed by atoms with E-state index >= 15 is 0 Å². The van der Waals surface area contributed by atoms with E-state index in [1.165, 1.54) is 0 Å². The highest BCUT2D eigenvalue weighted by Crippen LogP contribution is 2.14. The molecule has 2 heterocycles. The van der Waals surface area contributed by atoms with Gasteiger partial charge in [-0.15, -0.1) is 11.3 Å². The van der Waals surface area contributed by atoms with E-state index in [0.29, 0.717) is 0 Å². The molecule has 0 amide bonds. The summed E-state index contributed by atoms with van der Waals surface area (Å²) >= 11 is 1.61. The van der Waals surface area contributed by atoms with Gasteiger partial charge in [-0.2, -0.15) is 5.10 Å². The Kier molecular flexibility index (Phi) is 0.843. The monoisotopic (exact) mass is 139 g/mol. The molecule has 2 aromatic heterocycles. The molecule has 0 atom stereocenters. The molecule has 46 valence electrons. The maximum atomic E-state index is 4.10. The van der Waals surface area contributed by atoms with Crippen LogP contribution in [0, 0.1) is 0 Å². The van der Waals surface area contributed by atoms with Crippen molar-refractivity contribution in [1.29, 1.82) is 0 Å². The predicted molar refractivity (Wildman–Crippen MR) is 36.4 cm³/mol. The number of aromatic nitrogens is 3. The number of hydrogen-bond acceptors (Lipinski definition) is 3. The molecule has 0 saturated heterocycles. The van der Waals surface area contributed by atoms with Crippen LogP contribution >= 0.6 is 11.3 Å². The van der Waals surface area contributed by atoms with Crippen molar-refractivity contribution in [1.82, 2.24) is 14.8 Å². The lowest BCUT2D eigenvalue weighted by Gasteiger charge is -1.82. The molecule has 0 spiro atoms. The summed E-state index contributed by atoms with van der Waals surface area (Å²) in [6, 6.07) is 0. The first kappa shape index (κ1) is 4.93. The van der Waals surface area contributed by atoms with Gasteiger partial charge in [0.2, 0.25) is 0 Å². The molecular weight excluding hydrogens is 134 g/mol. The number of aryl methyl sites for hydroxylation is 1. The number of thiazole rings is 1. The molecule has 4 heteroatoms. The van der Waals surface area contributed by atoms with Crippen molar-refractivity contribution in [2.75, 3.05) is 0 Å². The fourth-order valence-electron chi connectivity index (χ4n) is 0.774. The van der Waals surface area contributed by atoms with E-state index < -0.39 is 0 Å². The number of fused-ring (bicyclic) bond motifs is 1. The Balaban J connectivity index is 2.99. The zero-order chi connectivity index (χ0) is 6.27. The molecule has 0 radical (unpaired) electrons. The van der Waals surface area contributed by atoms with Gasteiger partial charge >= 0.3 is 0 Å². The molecule has 0 aliphatic rings. The van der Waals surface area contributed by atoms with Crippen molar-refractivity contribution in [3.05, 3.63) is 11.7 Å². The smallest absolute Gasteiger partial charge is 0.168 e. The standard InChI is InChI=1S/C5H5N3S/c1-8-5-4(2-7-8)9-3-6-5/h2-3H,1H3. The first-order valence-corrected chi connectivity index (χ1v) is 3.47. The first-order valence-electron chi connectivity index (χ1n) is 2.59. The van der Waals surface area contributed by atoms with Crippen LogP contribution < -0.4 is 0 Å². The molecule has 0 saturated carbocycles. The van der Waals surface area contributed by atoms with Gasteiger partial charge in [0, 0.05) is 7.05 Å². The maximum Gasteiger partial charge on any atom is 0.168 e. The summed E-state index contributed by atoms with van der Waals surface area (Å²) < 4.78 is 2.92. The summed E-state index contributed by atoms with van der Waals surface area (Å²) in [6.07, 6.45) is 1.83. The molecule has 9 heavy (non-hydrogen) atoms. The third-order valence-electron chi connectivity index (χ3n) is 1.23. The summed E-state index contributed by atoms with van der Waals surface area (Å²) in [4.78, 5) is 4.10. The molecule has 0 bridgehead atoms. The molecular formula is C5H5N3S. The van der Waals surface area contributed by atoms with Crippen LogP contribution in [0.15, 0.2) is 11.7 Å². The Morgan fingerprint density at radius 1 is 1.67 bits per heavy atom. The molecule has 2 rings (SSSR count). The normalized spacial score (nSPS) is 10.8. The Morgan fingerprint density at radius 2 is 2.56 bits per heavy atom. The van der Waals surface area contributed by atoms with Crippen molar-refractivity contribution in [3.8, 4) is 0 Å². The van der Waals surface area contributed by atoms with Crippen LogP contribution in [0.1, 0.15) is 0 Å². The number of nitrogens with zero attached hydrogens (tertiary/aromatic N) is 3. The van der Waals surface area contributed by atoms with Gasteiger partial charge in [-0.1, -0.05) is 0 Å². The Morgan fingerprint density at radius 3 is 3.33 bits per heavy atom. The zero-order valence-corrected chi connectivity index (χ0v) is 5.72. The van der Waals surface area contributed by atoms with Crippen LogP contribution in [0.2, 0.25) is 0 Å². The van der Waals surface area contributed by atoms with Crippen LogP contribution in [-0.2, 0) is 7.05 Å². The Labute approximate surface area is 55.9 Å². The second-order valence-electron chi connectivity index (χ2n) is 1.81. The lowest BCUT2D eigenvalue weighted by molar-refractivity contribution is 0.787. The van der Waals surface area contributed by atoms with Crippen LogP contribution in [0.3, 0.4) is 0 Å². The maximum absolute atomic E-state index is 4.10. The van der Waals surface area contributed by atoms with Crippen molar-refractivity contribution >= 4 is 21.7 Å².